The van der Waals surface area contributed by atoms with Crippen LogP contribution in [0, 0.1) is 5.92 Å². The van der Waals surface area contributed by atoms with E-state index < -0.39 is 12.8 Å². The van der Waals surface area contributed by atoms with Gasteiger partial charge in [-0.05, 0) is 36.5 Å². The van der Waals surface area contributed by atoms with Gasteiger partial charge in [-0.25, -0.2) is 0 Å². The Morgan fingerprint density at radius 3 is 2.37 bits per heavy atom. The molecule has 0 amide bonds. The SMILES string of the molecule is OCC(CCOCC(F)(F)F)Cc1ccc(Cl)cc1. The average molecular weight is 297 g/mol. The van der Waals surface area contributed by atoms with Crippen molar-refractivity contribution in [2.45, 2.75) is 19.0 Å². The molecule has 0 heterocycles. The first-order valence-corrected chi connectivity index (χ1v) is 6.28. The fourth-order valence-corrected chi connectivity index (χ4v) is 1.78. The minimum absolute atomic E-state index is 0.0155. The van der Waals surface area contributed by atoms with E-state index in [2.05, 4.69) is 4.74 Å². The van der Waals surface area contributed by atoms with E-state index in [1.807, 2.05) is 12.1 Å². The number of hydrogen-bond donors (Lipinski definition) is 1. The van der Waals surface area contributed by atoms with Gasteiger partial charge in [-0.15, -0.1) is 0 Å². The Bertz CT molecular complexity index is 365. The predicted molar refractivity (Wildman–Crippen MR) is 67.2 cm³/mol. The summed E-state index contributed by atoms with van der Waals surface area (Å²) in [7, 11) is 0. The molecule has 0 aromatic heterocycles. The van der Waals surface area contributed by atoms with Gasteiger partial charge in [0.2, 0.25) is 0 Å². The minimum Gasteiger partial charge on any atom is -0.396 e. The second kappa shape index (κ2) is 7.72. The van der Waals surface area contributed by atoms with Crippen LogP contribution < -0.4 is 0 Å². The maximum absolute atomic E-state index is 11.9. The van der Waals surface area contributed by atoms with Gasteiger partial charge in [0, 0.05) is 18.2 Å². The number of hydrogen-bond acceptors (Lipinski definition) is 2. The summed E-state index contributed by atoms with van der Waals surface area (Å²) in [6.45, 7) is -1.34. The van der Waals surface area contributed by atoms with E-state index in [1.54, 1.807) is 12.1 Å². The van der Waals surface area contributed by atoms with Crippen molar-refractivity contribution in [2.75, 3.05) is 19.8 Å². The summed E-state index contributed by atoms with van der Waals surface area (Å²) < 4.78 is 40.1. The van der Waals surface area contributed by atoms with Crippen LogP contribution in [-0.4, -0.2) is 31.1 Å². The third-order valence-electron chi connectivity index (χ3n) is 2.63. The molecule has 0 aliphatic carbocycles. The lowest BCUT2D eigenvalue weighted by Gasteiger charge is -2.15. The Kier molecular flexibility index (Phi) is 6.62. The van der Waals surface area contributed by atoms with Gasteiger partial charge in [0.25, 0.3) is 0 Å². The van der Waals surface area contributed by atoms with Crippen molar-refractivity contribution in [2.24, 2.45) is 5.92 Å². The predicted octanol–water partition coefficient (Wildman–Crippen LogP) is 3.46. The number of aliphatic hydroxyl groups is 1. The van der Waals surface area contributed by atoms with Crippen LogP contribution in [-0.2, 0) is 11.2 Å². The number of aliphatic hydroxyl groups excluding tert-OH is 1. The number of alkyl halides is 3. The zero-order valence-corrected chi connectivity index (χ0v) is 11.0. The van der Waals surface area contributed by atoms with Crippen molar-refractivity contribution in [3.05, 3.63) is 34.9 Å². The summed E-state index contributed by atoms with van der Waals surface area (Å²) in [5.74, 6) is -0.116. The summed E-state index contributed by atoms with van der Waals surface area (Å²) in [5.41, 5.74) is 0.985. The fourth-order valence-electron chi connectivity index (χ4n) is 1.65. The van der Waals surface area contributed by atoms with E-state index in [4.69, 9.17) is 11.6 Å². The van der Waals surface area contributed by atoms with Crippen molar-refractivity contribution in [1.29, 1.82) is 0 Å². The van der Waals surface area contributed by atoms with Crippen LogP contribution >= 0.6 is 11.6 Å². The highest BCUT2D eigenvalue weighted by atomic mass is 35.5. The van der Waals surface area contributed by atoms with Crippen molar-refractivity contribution in [1.82, 2.24) is 0 Å². The quantitative estimate of drug-likeness (QED) is 0.781. The van der Waals surface area contributed by atoms with Gasteiger partial charge in [-0.2, -0.15) is 13.2 Å². The van der Waals surface area contributed by atoms with Crippen LogP contribution in [0.2, 0.25) is 5.02 Å². The van der Waals surface area contributed by atoms with E-state index in [9.17, 15) is 18.3 Å². The first-order chi connectivity index (χ1) is 8.90. The van der Waals surface area contributed by atoms with Gasteiger partial charge in [0.1, 0.15) is 6.61 Å². The molecule has 2 nitrogen and oxygen atoms in total. The standard InChI is InChI=1S/C13H16ClF3O2/c14-12-3-1-10(2-4-12)7-11(8-18)5-6-19-9-13(15,16)17/h1-4,11,18H,5-9H2. The van der Waals surface area contributed by atoms with E-state index >= 15 is 0 Å². The molecule has 0 bridgehead atoms. The van der Waals surface area contributed by atoms with Crippen LogP contribution in [0.3, 0.4) is 0 Å². The highest BCUT2D eigenvalue weighted by molar-refractivity contribution is 6.30. The topological polar surface area (TPSA) is 29.5 Å². The number of ether oxygens (including phenoxy) is 1. The maximum Gasteiger partial charge on any atom is 0.411 e. The number of rotatable bonds is 7. The van der Waals surface area contributed by atoms with Crippen molar-refractivity contribution in [3.63, 3.8) is 0 Å². The summed E-state index contributed by atoms with van der Waals surface area (Å²) in [5, 5.41) is 9.82. The molecule has 0 aliphatic rings. The third-order valence-corrected chi connectivity index (χ3v) is 2.88. The molecular weight excluding hydrogens is 281 g/mol. The molecule has 0 radical (unpaired) electrons. The number of halogens is 4. The molecule has 1 rings (SSSR count). The highest BCUT2D eigenvalue weighted by Gasteiger charge is 2.27. The molecule has 19 heavy (non-hydrogen) atoms. The van der Waals surface area contributed by atoms with Crippen LogP contribution in [0.25, 0.3) is 0 Å². The van der Waals surface area contributed by atoms with E-state index in [1.165, 1.54) is 0 Å². The molecule has 1 atom stereocenters. The lowest BCUT2D eigenvalue weighted by atomic mass is 9.97. The van der Waals surface area contributed by atoms with Gasteiger partial charge in [0.15, 0.2) is 0 Å². The van der Waals surface area contributed by atoms with Crippen molar-refractivity contribution in [3.8, 4) is 0 Å². The molecule has 108 valence electrons. The van der Waals surface area contributed by atoms with Gasteiger partial charge in [-0.1, -0.05) is 23.7 Å². The Morgan fingerprint density at radius 1 is 1.21 bits per heavy atom. The summed E-state index contributed by atoms with van der Waals surface area (Å²) >= 11 is 5.75. The largest absolute Gasteiger partial charge is 0.411 e. The van der Waals surface area contributed by atoms with Crippen LogP contribution in [0.1, 0.15) is 12.0 Å². The first kappa shape index (κ1) is 16.3. The Morgan fingerprint density at radius 2 is 1.84 bits per heavy atom. The molecule has 0 spiro atoms. The van der Waals surface area contributed by atoms with Crippen LogP contribution in [0.4, 0.5) is 13.2 Å². The van der Waals surface area contributed by atoms with E-state index in [-0.39, 0.29) is 19.1 Å². The van der Waals surface area contributed by atoms with E-state index in [0.717, 1.165) is 5.56 Å². The lowest BCUT2D eigenvalue weighted by molar-refractivity contribution is -0.174. The molecule has 1 unspecified atom stereocenters. The molecule has 0 saturated carbocycles. The summed E-state index contributed by atoms with van der Waals surface area (Å²) in [4.78, 5) is 0. The third kappa shape index (κ3) is 7.40. The second-order valence-corrected chi connectivity index (χ2v) is 4.77. The summed E-state index contributed by atoms with van der Waals surface area (Å²) in [6.07, 6.45) is -3.33. The minimum atomic E-state index is -4.30. The first-order valence-electron chi connectivity index (χ1n) is 5.90. The molecule has 1 aromatic carbocycles. The monoisotopic (exact) mass is 296 g/mol. The normalized spacial score (nSPS) is 13.5. The van der Waals surface area contributed by atoms with Crippen LogP contribution in [0.5, 0.6) is 0 Å². The molecular formula is C13H16ClF3O2. The average Bonchev–Trinajstić information content (AvgIpc) is 2.34. The Labute approximate surface area is 115 Å². The van der Waals surface area contributed by atoms with Gasteiger partial charge in [-0.3, -0.25) is 0 Å². The van der Waals surface area contributed by atoms with Gasteiger partial charge < -0.3 is 9.84 Å². The van der Waals surface area contributed by atoms with Gasteiger partial charge in [0.05, 0.1) is 0 Å². The maximum atomic E-state index is 11.9. The second-order valence-electron chi connectivity index (χ2n) is 4.34. The molecule has 0 saturated heterocycles. The molecule has 6 heteroatoms. The van der Waals surface area contributed by atoms with E-state index in [0.29, 0.717) is 17.9 Å². The van der Waals surface area contributed by atoms with Crippen molar-refractivity contribution < 1.29 is 23.0 Å². The van der Waals surface area contributed by atoms with Crippen molar-refractivity contribution >= 4 is 11.6 Å². The lowest BCUT2D eigenvalue weighted by Crippen LogP contribution is -2.19. The smallest absolute Gasteiger partial charge is 0.396 e. The highest BCUT2D eigenvalue weighted by Crippen LogP contribution is 2.17. The molecule has 0 aliphatic heterocycles. The fraction of sp³-hybridized carbons (Fsp3) is 0.538. The Balaban J connectivity index is 2.31. The molecule has 1 N–H and O–H groups in total. The molecule has 0 fully saturated rings. The van der Waals surface area contributed by atoms with Crippen LogP contribution in [0.15, 0.2) is 24.3 Å². The summed E-state index contributed by atoms with van der Waals surface area (Å²) in [6, 6.07) is 7.15. The zero-order valence-electron chi connectivity index (χ0n) is 10.3. The number of benzene rings is 1. The van der Waals surface area contributed by atoms with Gasteiger partial charge >= 0.3 is 6.18 Å². The zero-order chi connectivity index (χ0) is 14.3. The Hall–Kier alpha value is -0.780. The molecule has 1 aromatic rings.